The Morgan fingerprint density at radius 2 is 0.877 bits per heavy atom. The smallest absolute Gasteiger partial charge is 0.305 e. The molecular formula is C51H95NO5. The second kappa shape index (κ2) is 46.8. The lowest BCUT2D eigenvalue weighted by molar-refractivity contribution is -0.143. The van der Waals surface area contributed by atoms with Gasteiger partial charge < -0.3 is 20.3 Å². The highest BCUT2D eigenvalue weighted by Gasteiger charge is 2.18. The number of unbranched alkanes of at least 4 members (excludes halogenated alkanes) is 30. The summed E-state index contributed by atoms with van der Waals surface area (Å²) in [5.74, 6) is -0.103. The summed E-state index contributed by atoms with van der Waals surface area (Å²) in [6.45, 7) is 4.80. The Balaban J connectivity index is 3.45. The highest BCUT2D eigenvalue weighted by molar-refractivity contribution is 5.76. The molecule has 1 amide bonds. The van der Waals surface area contributed by atoms with E-state index in [1.54, 1.807) is 6.08 Å². The fourth-order valence-corrected chi connectivity index (χ4v) is 7.31. The van der Waals surface area contributed by atoms with Crippen LogP contribution in [0.5, 0.6) is 0 Å². The van der Waals surface area contributed by atoms with Gasteiger partial charge in [-0.3, -0.25) is 9.59 Å². The molecule has 0 spiro atoms. The number of carbonyl (C=O) groups is 2. The summed E-state index contributed by atoms with van der Waals surface area (Å²) in [6, 6.07) is -0.638. The van der Waals surface area contributed by atoms with E-state index in [1.807, 2.05) is 6.08 Å². The van der Waals surface area contributed by atoms with Crippen molar-refractivity contribution in [3.05, 3.63) is 36.5 Å². The molecule has 0 aliphatic rings. The van der Waals surface area contributed by atoms with Crippen LogP contribution >= 0.6 is 0 Å². The van der Waals surface area contributed by atoms with Crippen LogP contribution in [-0.2, 0) is 14.3 Å². The number of aliphatic hydroxyl groups is 2. The summed E-state index contributed by atoms with van der Waals surface area (Å²) in [5.41, 5.74) is 0. The normalized spacial score (nSPS) is 13.0. The van der Waals surface area contributed by atoms with Crippen LogP contribution in [0.25, 0.3) is 0 Å². The van der Waals surface area contributed by atoms with Crippen LogP contribution in [0, 0.1) is 0 Å². The summed E-state index contributed by atoms with van der Waals surface area (Å²) in [5, 5.41) is 22.9. The van der Waals surface area contributed by atoms with E-state index in [2.05, 4.69) is 43.5 Å². The van der Waals surface area contributed by atoms with Crippen molar-refractivity contribution in [1.82, 2.24) is 5.32 Å². The summed E-state index contributed by atoms with van der Waals surface area (Å²) >= 11 is 0. The maximum Gasteiger partial charge on any atom is 0.305 e. The van der Waals surface area contributed by atoms with Crippen LogP contribution in [0.3, 0.4) is 0 Å². The number of hydrogen-bond acceptors (Lipinski definition) is 5. The predicted molar refractivity (Wildman–Crippen MR) is 246 cm³/mol. The lowest BCUT2D eigenvalue weighted by Crippen LogP contribution is -2.45. The van der Waals surface area contributed by atoms with Crippen molar-refractivity contribution in [2.45, 2.75) is 264 Å². The highest BCUT2D eigenvalue weighted by atomic mass is 16.5. The number of carbonyl (C=O) groups excluding carboxylic acids is 2. The first-order valence-electron chi connectivity index (χ1n) is 24.8. The van der Waals surface area contributed by atoms with Crippen LogP contribution in [0.2, 0.25) is 0 Å². The van der Waals surface area contributed by atoms with Gasteiger partial charge in [0, 0.05) is 12.8 Å². The van der Waals surface area contributed by atoms with E-state index in [1.165, 1.54) is 161 Å². The number of allylic oxidation sites excluding steroid dienone is 5. The third-order valence-corrected chi connectivity index (χ3v) is 11.2. The molecule has 0 radical (unpaired) electrons. The minimum Gasteiger partial charge on any atom is -0.466 e. The second-order valence-electron chi connectivity index (χ2n) is 16.8. The monoisotopic (exact) mass is 802 g/mol. The first-order chi connectivity index (χ1) is 28.0. The second-order valence-corrected chi connectivity index (χ2v) is 16.8. The molecule has 6 heteroatoms. The summed E-state index contributed by atoms with van der Waals surface area (Å²) in [4.78, 5) is 24.4. The van der Waals surface area contributed by atoms with Crippen molar-refractivity contribution in [1.29, 1.82) is 0 Å². The van der Waals surface area contributed by atoms with Gasteiger partial charge in [0.15, 0.2) is 0 Å². The maximum atomic E-state index is 12.4. The van der Waals surface area contributed by atoms with E-state index in [0.29, 0.717) is 19.4 Å². The summed E-state index contributed by atoms with van der Waals surface area (Å²) in [6.07, 6.45) is 55.7. The Bertz CT molecular complexity index is 931. The number of ether oxygens (including phenoxy) is 1. The van der Waals surface area contributed by atoms with Crippen molar-refractivity contribution in [3.63, 3.8) is 0 Å². The predicted octanol–water partition coefficient (Wildman–Crippen LogP) is 14.5. The van der Waals surface area contributed by atoms with E-state index in [0.717, 1.165) is 64.2 Å². The number of amides is 1. The van der Waals surface area contributed by atoms with Gasteiger partial charge in [-0.1, -0.05) is 211 Å². The molecule has 0 aromatic carbocycles. The molecule has 2 unspecified atom stereocenters. The molecule has 0 heterocycles. The average molecular weight is 802 g/mol. The van der Waals surface area contributed by atoms with E-state index in [9.17, 15) is 19.8 Å². The zero-order valence-corrected chi connectivity index (χ0v) is 37.8. The Morgan fingerprint density at radius 3 is 1.37 bits per heavy atom. The first-order valence-corrected chi connectivity index (χ1v) is 24.8. The molecule has 0 saturated heterocycles. The number of esters is 1. The molecule has 0 saturated carbocycles. The number of aliphatic hydroxyl groups excluding tert-OH is 2. The highest BCUT2D eigenvalue weighted by Crippen LogP contribution is 2.15. The quantitative estimate of drug-likeness (QED) is 0.0324. The molecule has 0 aliphatic heterocycles. The first kappa shape index (κ1) is 55.1. The molecule has 57 heavy (non-hydrogen) atoms. The third-order valence-electron chi connectivity index (χ3n) is 11.2. The van der Waals surface area contributed by atoms with Gasteiger partial charge in [-0.2, -0.15) is 0 Å². The zero-order valence-electron chi connectivity index (χ0n) is 37.8. The largest absolute Gasteiger partial charge is 0.466 e. The minimum absolute atomic E-state index is 0.0158. The zero-order chi connectivity index (χ0) is 41.5. The van der Waals surface area contributed by atoms with Gasteiger partial charge in [0.25, 0.3) is 0 Å². The van der Waals surface area contributed by atoms with Gasteiger partial charge in [-0.25, -0.2) is 0 Å². The molecule has 3 N–H and O–H groups in total. The van der Waals surface area contributed by atoms with Gasteiger partial charge in [0.05, 0.1) is 25.4 Å². The fraction of sp³-hybridized carbons (Fsp3) is 0.843. The van der Waals surface area contributed by atoms with E-state index in [4.69, 9.17) is 4.74 Å². The third kappa shape index (κ3) is 43.5. The molecular weight excluding hydrogens is 707 g/mol. The standard InChI is InChI=1S/C51H95NO5/c1-3-5-7-9-11-13-14-15-16-17-18-19-20-21-25-29-33-37-41-45-51(56)57-46-42-38-34-30-26-23-22-24-28-32-36-40-44-50(55)52-48(47-53)49(54)43-39-35-31-27-12-10-8-6-4-2/h11,13,15-16,39,43,48-49,53-54H,3-10,12,14,17-38,40-42,44-47H2,1-2H3,(H,52,55)/b13-11-,16-15-,43-39+. The number of rotatable bonds is 45. The minimum atomic E-state index is -0.853. The Labute approximate surface area is 353 Å². The van der Waals surface area contributed by atoms with Gasteiger partial charge >= 0.3 is 5.97 Å². The van der Waals surface area contributed by atoms with Gasteiger partial charge in [0.2, 0.25) is 5.91 Å². The van der Waals surface area contributed by atoms with Crippen LogP contribution in [-0.4, -0.2) is 47.4 Å². The van der Waals surface area contributed by atoms with Crippen molar-refractivity contribution < 1.29 is 24.5 Å². The number of nitrogens with one attached hydrogen (secondary N) is 1. The lowest BCUT2D eigenvalue weighted by atomic mass is 10.0. The molecule has 0 fully saturated rings. The molecule has 0 aromatic heterocycles. The van der Waals surface area contributed by atoms with Crippen LogP contribution in [0.1, 0.15) is 251 Å². The van der Waals surface area contributed by atoms with Crippen LogP contribution in [0.4, 0.5) is 0 Å². The summed E-state index contributed by atoms with van der Waals surface area (Å²) in [7, 11) is 0. The molecule has 0 aliphatic carbocycles. The SMILES string of the molecule is CCCCC/C=C\C/C=C\CCCCCCCCCCCC(=O)OCCCCCCCCCCCCCCC(=O)NC(CO)C(O)/C=C/CCCCCCCCC. The van der Waals surface area contributed by atoms with E-state index >= 15 is 0 Å². The van der Waals surface area contributed by atoms with Crippen molar-refractivity contribution in [2.75, 3.05) is 13.2 Å². The Kier molecular flexibility index (Phi) is 45.2. The molecule has 0 rings (SSSR count). The van der Waals surface area contributed by atoms with Gasteiger partial charge in [-0.15, -0.1) is 0 Å². The molecule has 0 bridgehead atoms. The molecule has 0 aromatic rings. The van der Waals surface area contributed by atoms with Crippen molar-refractivity contribution >= 4 is 11.9 Å². The maximum absolute atomic E-state index is 12.4. The van der Waals surface area contributed by atoms with Crippen molar-refractivity contribution in [3.8, 4) is 0 Å². The van der Waals surface area contributed by atoms with Gasteiger partial charge in [0.1, 0.15) is 0 Å². The lowest BCUT2D eigenvalue weighted by Gasteiger charge is -2.20. The average Bonchev–Trinajstić information content (AvgIpc) is 3.21. The molecule has 334 valence electrons. The van der Waals surface area contributed by atoms with Crippen LogP contribution < -0.4 is 5.32 Å². The van der Waals surface area contributed by atoms with Crippen molar-refractivity contribution in [2.24, 2.45) is 0 Å². The Hall–Kier alpha value is -1.92. The van der Waals surface area contributed by atoms with E-state index < -0.39 is 12.1 Å². The Morgan fingerprint density at radius 1 is 0.491 bits per heavy atom. The topological polar surface area (TPSA) is 95.9 Å². The number of hydrogen-bond donors (Lipinski definition) is 3. The van der Waals surface area contributed by atoms with Crippen LogP contribution in [0.15, 0.2) is 36.5 Å². The van der Waals surface area contributed by atoms with E-state index in [-0.39, 0.29) is 18.5 Å². The van der Waals surface area contributed by atoms with Gasteiger partial charge in [-0.05, 0) is 64.2 Å². The fourth-order valence-electron chi connectivity index (χ4n) is 7.31. The summed E-state index contributed by atoms with van der Waals surface area (Å²) < 4.78 is 5.46. The molecule has 2 atom stereocenters. The molecule has 6 nitrogen and oxygen atoms in total.